The lowest BCUT2D eigenvalue weighted by atomic mass is 9.59. The third-order valence-electron chi connectivity index (χ3n) is 8.53. The molecule has 2 heterocycles. The first-order valence-corrected chi connectivity index (χ1v) is 14.0. The highest BCUT2D eigenvalue weighted by Crippen LogP contribution is 2.59. The van der Waals surface area contributed by atoms with Crippen LogP contribution in [0.1, 0.15) is 46.0 Å². The first-order valence-electron chi connectivity index (χ1n) is 12.3. The van der Waals surface area contributed by atoms with Gasteiger partial charge in [-0.2, -0.15) is 0 Å². The summed E-state index contributed by atoms with van der Waals surface area (Å²) in [6.45, 7) is 4.87. The summed E-state index contributed by atoms with van der Waals surface area (Å²) in [5, 5.41) is 10.4. The second kappa shape index (κ2) is 9.70. The fourth-order valence-corrected chi connectivity index (χ4v) is 8.33. The number of benzene rings is 1. The topological polar surface area (TPSA) is 107 Å². The number of carboxylic acid groups (broad SMARTS) is 1. The maximum atomic E-state index is 13.5. The monoisotopic (exact) mass is 492 g/mol. The standard InChI is InChI=1S/C26H36O7S/c1-16(2)19-11-10-17(15-32-3)22-20-14-21(27)26(25(28)29,24(33-20)23(19)22)12-7-13-34(30,31)18-8-5-4-6-9-18/h4-6,8-9,16-17,19-20,22-24H,7,10-15H2,1-3H3,(H,28,29)/t17-,19-,20-,22-,23-,24-,26-/m1/s1. The highest BCUT2D eigenvalue weighted by Gasteiger charge is 2.68. The van der Waals surface area contributed by atoms with Crippen LogP contribution in [0.25, 0.3) is 0 Å². The highest BCUT2D eigenvalue weighted by atomic mass is 32.2. The summed E-state index contributed by atoms with van der Waals surface area (Å²) in [6.07, 6.45) is 1.04. The molecule has 1 saturated carbocycles. The third-order valence-corrected chi connectivity index (χ3v) is 10.3. The zero-order chi connectivity index (χ0) is 24.7. The Labute approximate surface area is 202 Å². The molecule has 0 unspecified atom stereocenters. The Balaban J connectivity index is 1.63. The first kappa shape index (κ1) is 25.3. The van der Waals surface area contributed by atoms with Crippen LogP contribution in [0, 0.1) is 35.0 Å². The van der Waals surface area contributed by atoms with Gasteiger partial charge in [0, 0.05) is 20.1 Å². The van der Waals surface area contributed by atoms with Crippen molar-refractivity contribution in [3.05, 3.63) is 30.3 Å². The number of carbonyl (C=O) groups excluding carboxylic acids is 1. The zero-order valence-corrected chi connectivity index (χ0v) is 21.0. The molecule has 4 rings (SSSR count). The molecule has 7 atom stereocenters. The van der Waals surface area contributed by atoms with Gasteiger partial charge in [-0.3, -0.25) is 9.59 Å². The Morgan fingerprint density at radius 3 is 2.53 bits per heavy atom. The molecule has 34 heavy (non-hydrogen) atoms. The average molecular weight is 493 g/mol. The number of methoxy groups -OCH3 is 1. The Hall–Kier alpha value is -1.77. The van der Waals surface area contributed by atoms with Crippen molar-refractivity contribution in [1.82, 2.24) is 0 Å². The van der Waals surface area contributed by atoms with Crippen LogP contribution in [0.15, 0.2) is 35.2 Å². The van der Waals surface area contributed by atoms with E-state index in [9.17, 15) is 23.1 Å². The van der Waals surface area contributed by atoms with Gasteiger partial charge in [-0.05, 0) is 67.4 Å². The number of Topliss-reactive ketones (excluding diaryl/α,β-unsaturated/α-hetero) is 1. The summed E-state index contributed by atoms with van der Waals surface area (Å²) in [5.74, 6) is -0.845. The third kappa shape index (κ3) is 4.22. The van der Waals surface area contributed by atoms with Crippen LogP contribution in [0.4, 0.5) is 0 Å². The molecule has 3 fully saturated rings. The first-order chi connectivity index (χ1) is 16.1. The molecule has 1 N–H and O–H groups in total. The van der Waals surface area contributed by atoms with E-state index in [2.05, 4.69) is 13.8 Å². The van der Waals surface area contributed by atoms with Gasteiger partial charge < -0.3 is 14.6 Å². The predicted molar refractivity (Wildman–Crippen MR) is 126 cm³/mol. The lowest BCUT2D eigenvalue weighted by molar-refractivity contribution is -0.178. The summed E-state index contributed by atoms with van der Waals surface area (Å²) in [6, 6.07) is 8.14. The van der Waals surface area contributed by atoms with Gasteiger partial charge in [-0.15, -0.1) is 0 Å². The number of carboxylic acids is 1. The van der Waals surface area contributed by atoms with Crippen molar-refractivity contribution in [2.75, 3.05) is 19.5 Å². The van der Waals surface area contributed by atoms with E-state index >= 15 is 0 Å². The van der Waals surface area contributed by atoms with E-state index in [1.807, 2.05) is 0 Å². The van der Waals surface area contributed by atoms with E-state index in [-0.39, 0.29) is 65.5 Å². The molecular formula is C26H36O7S. The minimum atomic E-state index is -3.57. The molecular weight excluding hydrogens is 456 g/mol. The normalized spacial score (nSPS) is 35.4. The fourth-order valence-electron chi connectivity index (χ4n) is 6.99. The van der Waals surface area contributed by atoms with Crippen LogP contribution in [-0.4, -0.2) is 57.0 Å². The van der Waals surface area contributed by atoms with E-state index < -0.39 is 27.3 Å². The Morgan fingerprint density at radius 2 is 1.91 bits per heavy atom. The molecule has 188 valence electrons. The van der Waals surface area contributed by atoms with Crippen molar-refractivity contribution in [2.24, 2.45) is 35.0 Å². The number of hydrogen-bond acceptors (Lipinski definition) is 6. The lowest BCUT2D eigenvalue weighted by Gasteiger charge is -2.45. The van der Waals surface area contributed by atoms with E-state index in [1.54, 1.807) is 25.3 Å². The van der Waals surface area contributed by atoms with Crippen molar-refractivity contribution in [3.63, 3.8) is 0 Å². The van der Waals surface area contributed by atoms with Crippen LogP contribution in [-0.2, 0) is 28.9 Å². The number of fused-ring (bicyclic) bond motifs is 5. The molecule has 7 nitrogen and oxygen atoms in total. The van der Waals surface area contributed by atoms with E-state index in [1.165, 1.54) is 12.1 Å². The van der Waals surface area contributed by atoms with E-state index in [0.717, 1.165) is 12.8 Å². The second-order valence-corrected chi connectivity index (χ2v) is 12.7. The zero-order valence-electron chi connectivity index (χ0n) is 20.2. The molecule has 2 saturated heterocycles. The molecule has 2 bridgehead atoms. The molecule has 1 aliphatic carbocycles. The van der Waals surface area contributed by atoms with Crippen LogP contribution >= 0.6 is 0 Å². The average Bonchev–Trinajstić information content (AvgIpc) is 3.12. The molecule has 0 amide bonds. The quantitative estimate of drug-likeness (QED) is 0.525. The van der Waals surface area contributed by atoms with Gasteiger partial charge in [0.25, 0.3) is 0 Å². The summed E-state index contributed by atoms with van der Waals surface area (Å²) >= 11 is 0. The number of ether oxygens (including phenoxy) is 2. The van der Waals surface area contributed by atoms with Crippen LogP contribution in [0.5, 0.6) is 0 Å². The van der Waals surface area contributed by atoms with Crippen molar-refractivity contribution < 1.29 is 32.6 Å². The Bertz CT molecular complexity index is 1010. The van der Waals surface area contributed by atoms with E-state index in [0.29, 0.717) is 12.5 Å². The van der Waals surface area contributed by atoms with Crippen molar-refractivity contribution in [1.29, 1.82) is 0 Å². The number of ketones is 1. The predicted octanol–water partition coefficient (Wildman–Crippen LogP) is 3.61. The number of rotatable bonds is 9. The summed E-state index contributed by atoms with van der Waals surface area (Å²) in [7, 11) is -1.90. The molecule has 8 heteroatoms. The second-order valence-electron chi connectivity index (χ2n) is 10.6. The minimum absolute atomic E-state index is 0.0341. The highest BCUT2D eigenvalue weighted by molar-refractivity contribution is 7.91. The molecule has 0 aromatic heterocycles. The number of hydrogen-bond donors (Lipinski definition) is 1. The molecule has 2 aliphatic heterocycles. The van der Waals surface area contributed by atoms with Gasteiger partial charge in [0.05, 0.1) is 22.9 Å². The van der Waals surface area contributed by atoms with Crippen molar-refractivity contribution in [3.8, 4) is 0 Å². The SMILES string of the molecule is COC[C@H]1CC[C@H](C(C)C)[C@@H]2[C@H]1[C@H]1CC(=O)[C@@](CCCS(=O)(=O)c3ccccc3)(C(=O)O)[C@@H]2O1. The maximum Gasteiger partial charge on any atom is 0.319 e. The van der Waals surface area contributed by atoms with Crippen LogP contribution in [0.2, 0.25) is 0 Å². The smallest absolute Gasteiger partial charge is 0.319 e. The van der Waals surface area contributed by atoms with Gasteiger partial charge in [0.2, 0.25) is 0 Å². The minimum Gasteiger partial charge on any atom is -0.480 e. The summed E-state index contributed by atoms with van der Waals surface area (Å²) < 4.78 is 37.5. The van der Waals surface area contributed by atoms with Crippen LogP contribution in [0.3, 0.4) is 0 Å². The Morgan fingerprint density at radius 1 is 1.21 bits per heavy atom. The fraction of sp³-hybridized carbons (Fsp3) is 0.692. The molecule has 0 spiro atoms. The molecule has 1 aromatic carbocycles. The van der Waals surface area contributed by atoms with Gasteiger partial charge >= 0.3 is 5.97 Å². The molecule has 0 radical (unpaired) electrons. The summed E-state index contributed by atoms with van der Waals surface area (Å²) in [4.78, 5) is 26.5. The van der Waals surface area contributed by atoms with E-state index in [4.69, 9.17) is 9.47 Å². The van der Waals surface area contributed by atoms with Crippen molar-refractivity contribution >= 4 is 21.6 Å². The lowest BCUT2D eigenvalue weighted by Crippen LogP contribution is -2.55. The molecule has 1 aromatic rings. The summed E-state index contributed by atoms with van der Waals surface area (Å²) in [5.41, 5.74) is -1.70. The molecule has 3 aliphatic rings. The van der Waals surface area contributed by atoms with Gasteiger partial charge in [0.1, 0.15) is 0 Å². The maximum absolute atomic E-state index is 13.5. The van der Waals surface area contributed by atoms with Crippen LogP contribution < -0.4 is 0 Å². The van der Waals surface area contributed by atoms with Gasteiger partial charge in [0.15, 0.2) is 21.0 Å². The number of sulfone groups is 1. The number of aliphatic carboxylic acids is 1. The van der Waals surface area contributed by atoms with Gasteiger partial charge in [-0.25, -0.2) is 8.42 Å². The number of carbonyl (C=O) groups is 2. The Kier molecular flexibility index (Phi) is 7.23. The largest absolute Gasteiger partial charge is 0.480 e. The van der Waals surface area contributed by atoms with Crippen molar-refractivity contribution in [2.45, 2.75) is 63.1 Å². The van der Waals surface area contributed by atoms with Gasteiger partial charge in [-0.1, -0.05) is 32.0 Å².